The molecule has 1 heterocycles. The molecule has 36 heavy (non-hydrogen) atoms. The average molecular weight is 479 g/mol. The quantitative estimate of drug-likeness (QED) is 0.277. The Morgan fingerprint density at radius 1 is 0.778 bits per heavy atom. The maximum absolute atomic E-state index is 3.80. The van der Waals surface area contributed by atoms with Gasteiger partial charge in [0.1, 0.15) is 12.4 Å². The van der Waals surface area contributed by atoms with Gasteiger partial charge in [-0.15, -0.1) is 0 Å². The third kappa shape index (κ3) is 4.74. The second-order valence-electron chi connectivity index (χ2n) is 10.9. The van der Waals surface area contributed by atoms with E-state index < -0.39 is 0 Å². The van der Waals surface area contributed by atoms with Crippen LogP contribution in [0, 0.1) is 20.8 Å². The smallest absolute Gasteiger partial charge is 0.354 e. The lowest BCUT2D eigenvalue weighted by Crippen LogP contribution is -2.59. The Kier molecular flexibility index (Phi) is 7.45. The standard InChI is InChI=1S/C32H40BN3/c1-21(2)26-16-12-17-27(22(3)4)30(26)33(8)36-20-19-35(9)32(36)29-23(5)13-11-18-28(29)34-31-24(6)14-10-15-25(31)7/h10-22H,1-9H3/p+1. The largest absolute Gasteiger partial charge is 0.409 e. The molecule has 0 bridgehead atoms. The molecule has 186 valence electrons. The summed E-state index contributed by atoms with van der Waals surface area (Å²) in [7, 11) is 2.16. The van der Waals surface area contributed by atoms with Crippen LogP contribution in [0.4, 0.5) is 11.4 Å². The van der Waals surface area contributed by atoms with E-state index in [0.717, 1.165) is 5.69 Å². The Morgan fingerprint density at radius 2 is 1.31 bits per heavy atom. The van der Waals surface area contributed by atoms with Crippen LogP contribution >= 0.6 is 0 Å². The van der Waals surface area contributed by atoms with E-state index in [2.05, 4.69) is 144 Å². The predicted octanol–water partition coefficient (Wildman–Crippen LogP) is 7.27. The molecule has 4 heteroatoms. The van der Waals surface area contributed by atoms with E-state index in [1.165, 1.54) is 50.4 Å². The van der Waals surface area contributed by atoms with E-state index in [1.807, 2.05) is 0 Å². The number of anilines is 2. The Hall–Kier alpha value is -3.27. The molecule has 4 aromatic rings. The minimum atomic E-state index is 0.199. The van der Waals surface area contributed by atoms with Gasteiger partial charge in [0.25, 0.3) is 5.82 Å². The zero-order valence-corrected chi connectivity index (χ0v) is 23.5. The molecule has 0 saturated carbocycles. The summed E-state index contributed by atoms with van der Waals surface area (Å²) >= 11 is 0. The maximum Gasteiger partial charge on any atom is 0.409 e. The summed E-state index contributed by atoms with van der Waals surface area (Å²) in [5.74, 6) is 2.14. The zero-order chi connectivity index (χ0) is 26.1. The van der Waals surface area contributed by atoms with E-state index in [-0.39, 0.29) is 6.85 Å². The maximum atomic E-state index is 3.80. The molecule has 1 aromatic heterocycles. The molecule has 1 N–H and O–H groups in total. The highest BCUT2D eigenvalue weighted by molar-refractivity contribution is 6.65. The van der Waals surface area contributed by atoms with Gasteiger partial charge in [-0.05, 0) is 78.8 Å². The number of aryl methyl sites for hydroxylation is 4. The van der Waals surface area contributed by atoms with Crippen LogP contribution in [0.5, 0.6) is 0 Å². The van der Waals surface area contributed by atoms with Gasteiger partial charge in [-0.1, -0.05) is 76.2 Å². The van der Waals surface area contributed by atoms with Crippen molar-refractivity contribution in [1.82, 2.24) is 4.57 Å². The van der Waals surface area contributed by atoms with Crippen molar-refractivity contribution in [3.63, 3.8) is 0 Å². The normalized spacial score (nSPS) is 11.4. The van der Waals surface area contributed by atoms with Gasteiger partial charge in [-0.3, -0.25) is 4.48 Å². The molecule has 0 unspecified atom stereocenters. The average Bonchev–Trinajstić information content (AvgIpc) is 3.21. The Bertz CT molecular complexity index is 1330. The molecule has 0 saturated heterocycles. The van der Waals surface area contributed by atoms with E-state index in [9.17, 15) is 0 Å². The number of hydrogen-bond donors (Lipinski definition) is 1. The molecule has 0 amide bonds. The summed E-state index contributed by atoms with van der Waals surface area (Å²) in [6, 6.07) is 19.9. The van der Waals surface area contributed by atoms with E-state index in [0.29, 0.717) is 11.8 Å². The predicted molar refractivity (Wildman–Crippen MR) is 156 cm³/mol. The van der Waals surface area contributed by atoms with Crippen molar-refractivity contribution >= 4 is 23.7 Å². The Labute approximate surface area is 218 Å². The van der Waals surface area contributed by atoms with Crippen LogP contribution < -0.4 is 15.3 Å². The molecular weight excluding hydrogens is 437 g/mol. The number of nitrogens with zero attached hydrogens (tertiary/aromatic N) is 2. The van der Waals surface area contributed by atoms with Gasteiger partial charge in [-0.2, -0.15) is 0 Å². The van der Waals surface area contributed by atoms with Gasteiger partial charge < -0.3 is 5.32 Å². The minimum absolute atomic E-state index is 0.199. The molecule has 3 aromatic carbocycles. The summed E-state index contributed by atoms with van der Waals surface area (Å²) in [6.07, 6.45) is 4.44. The SMILES string of the molecule is CB(c1c(C(C)C)cccc1C(C)C)[n+]1ccn(C)c1-c1c(C)cccc1Nc1c(C)cccc1C. The molecule has 0 radical (unpaired) electrons. The fourth-order valence-corrected chi connectivity index (χ4v) is 5.56. The summed E-state index contributed by atoms with van der Waals surface area (Å²) in [5, 5.41) is 3.80. The van der Waals surface area contributed by atoms with Crippen molar-refractivity contribution in [3.8, 4) is 11.4 Å². The van der Waals surface area contributed by atoms with Gasteiger partial charge in [0.05, 0.1) is 18.3 Å². The third-order valence-electron chi connectivity index (χ3n) is 7.52. The number of hydrogen-bond acceptors (Lipinski definition) is 1. The van der Waals surface area contributed by atoms with E-state index in [1.54, 1.807) is 0 Å². The minimum Gasteiger partial charge on any atom is -0.354 e. The molecule has 0 aliphatic heterocycles. The van der Waals surface area contributed by atoms with Crippen molar-refractivity contribution in [2.75, 3.05) is 5.32 Å². The Balaban J connectivity index is 1.92. The summed E-state index contributed by atoms with van der Waals surface area (Å²) in [5.41, 5.74) is 11.7. The molecule has 0 fully saturated rings. The first-order valence-electron chi connectivity index (χ1n) is 13.2. The van der Waals surface area contributed by atoms with Crippen molar-refractivity contribution in [1.29, 1.82) is 0 Å². The first-order chi connectivity index (χ1) is 17.1. The summed E-state index contributed by atoms with van der Waals surface area (Å²) < 4.78 is 4.73. The summed E-state index contributed by atoms with van der Waals surface area (Å²) in [6.45, 7) is 18.3. The molecule has 4 rings (SSSR count). The molecule has 3 nitrogen and oxygen atoms in total. The topological polar surface area (TPSA) is 20.8 Å². The lowest BCUT2D eigenvalue weighted by Gasteiger charge is -2.22. The first-order valence-corrected chi connectivity index (χ1v) is 13.2. The molecular formula is C32H41BN3+. The third-order valence-corrected chi connectivity index (χ3v) is 7.52. The molecule has 0 aliphatic carbocycles. The zero-order valence-electron chi connectivity index (χ0n) is 23.5. The van der Waals surface area contributed by atoms with Crippen molar-refractivity contribution < 1.29 is 4.48 Å². The van der Waals surface area contributed by atoms with Crippen LogP contribution in [0.2, 0.25) is 6.82 Å². The van der Waals surface area contributed by atoms with Gasteiger partial charge in [0.15, 0.2) is 0 Å². The lowest BCUT2D eigenvalue weighted by molar-refractivity contribution is -0.521. The second-order valence-corrected chi connectivity index (χ2v) is 10.9. The van der Waals surface area contributed by atoms with Crippen LogP contribution in [-0.4, -0.2) is 11.4 Å². The van der Waals surface area contributed by atoms with Gasteiger partial charge in [0, 0.05) is 5.69 Å². The molecule has 0 spiro atoms. The first kappa shape index (κ1) is 25.8. The number of para-hydroxylation sites is 1. The van der Waals surface area contributed by atoms with Crippen LogP contribution in [0.3, 0.4) is 0 Å². The van der Waals surface area contributed by atoms with E-state index in [4.69, 9.17) is 0 Å². The van der Waals surface area contributed by atoms with Crippen LogP contribution in [0.15, 0.2) is 67.0 Å². The van der Waals surface area contributed by atoms with Crippen molar-refractivity contribution in [2.24, 2.45) is 7.05 Å². The fourth-order valence-electron chi connectivity index (χ4n) is 5.56. The Morgan fingerprint density at radius 3 is 1.89 bits per heavy atom. The highest BCUT2D eigenvalue weighted by Gasteiger charge is 2.33. The van der Waals surface area contributed by atoms with Crippen LogP contribution in [-0.2, 0) is 7.05 Å². The number of aromatic nitrogens is 2. The van der Waals surface area contributed by atoms with E-state index >= 15 is 0 Å². The van der Waals surface area contributed by atoms with Gasteiger partial charge in [0.2, 0.25) is 0 Å². The second kappa shape index (κ2) is 10.4. The number of benzene rings is 3. The number of imidazole rings is 1. The fraction of sp³-hybridized carbons (Fsp3) is 0.344. The van der Waals surface area contributed by atoms with Gasteiger partial charge in [-0.25, -0.2) is 4.57 Å². The number of nitrogens with one attached hydrogen (secondary N) is 1. The number of rotatable bonds is 7. The van der Waals surface area contributed by atoms with Gasteiger partial charge >= 0.3 is 6.85 Å². The highest BCUT2D eigenvalue weighted by atomic mass is 15.1. The van der Waals surface area contributed by atoms with Crippen molar-refractivity contribution in [2.45, 2.75) is 67.1 Å². The summed E-state index contributed by atoms with van der Waals surface area (Å²) in [4.78, 5) is 0. The highest BCUT2D eigenvalue weighted by Crippen LogP contribution is 2.34. The van der Waals surface area contributed by atoms with Crippen molar-refractivity contribution in [3.05, 3.63) is 94.8 Å². The molecule has 0 aliphatic rings. The van der Waals surface area contributed by atoms with Crippen LogP contribution in [0.25, 0.3) is 11.4 Å². The lowest BCUT2D eigenvalue weighted by atomic mass is 9.53. The molecule has 0 atom stereocenters. The van der Waals surface area contributed by atoms with Crippen LogP contribution in [0.1, 0.15) is 67.3 Å². The monoisotopic (exact) mass is 478 g/mol.